The molecule has 0 aliphatic heterocycles. The van der Waals surface area contributed by atoms with E-state index in [1.54, 1.807) is 17.4 Å². The van der Waals surface area contributed by atoms with E-state index in [4.69, 9.17) is 4.74 Å². The number of halogens is 1. The van der Waals surface area contributed by atoms with Gasteiger partial charge in [-0.2, -0.15) is 0 Å². The van der Waals surface area contributed by atoms with Crippen LogP contribution in [0.3, 0.4) is 0 Å². The van der Waals surface area contributed by atoms with E-state index in [2.05, 4.69) is 27.8 Å². The summed E-state index contributed by atoms with van der Waals surface area (Å²) in [7, 11) is 0. The number of hydrogen-bond acceptors (Lipinski definition) is 3. The van der Waals surface area contributed by atoms with E-state index >= 15 is 0 Å². The van der Waals surface area contributed by atoms with E-state index in [1.807, 2.05) is 32.2 Å². The maximum Gasteiger partial charge on any atom is 0.408 e. The Bertz CT molecular complexity index is 423. The summed E-state index contributed by atoms with van der Waals surface area (Å²) in [5.41, 5.74) is -0.487. The number of hydrogen-bond donors (Lipinski definition) is 1. The van der Waals surface area contributed by atoms with Crippen molar-refractivity contribution in [2.75, 3.05) is 0 Å². The molecule has 0 saturated heterocycles. The first kappa shape index (κ1) is 15.2. The van der Waals surface area contributed by atoms with Crippen LogP contribution in [0.4, 0.5) is 4.79 Å². The monoisotopic (exact) mass is 331 g/mol. The van der Waals surface area contributed by atoms with Gasteiger partial charge < -0.3 is 10.1 Å². The number of carbonyl (C=O) groups excluding carboxylic acids is 1. The molecule has 3 nitrogen and oxygen atoms in total. The van der Waals surface area contributed by atoms with Crippen LogP contribution in [0.15, 0.2) is 28.6 Å². The van der Waals surface area contributed by atoms with E-state index < -0.39 is 11.7 Å². The van der Waals surface area contributed by atoms with Gasteiger partial charge in [0.1, 0.15) is 5.60 Å². The first-order valence-corrected chi connectivity index (χ1v) is 7.33. The highest BCUT2D eigenvalue weighted by molar-refractivity contribution is 9.10. The van der Waals surface area contributed by atoms with Crippen LogP contribution in [0, 0.1) is 0 Å². The highest BCUT2D eigenvalue weighted by atomic mass is 79.9. The van der Waals surface area contributed by atoms with E-state index in [0.29, 0.717) is 6.42 Å². The number of alkyl carbamates (subject to hydrolysis) is 1. The van der Waals surface area contributed by atoms with Gasteiger partial charge in [0, 0.05) is 14.7 Å². The number of rotatable bonds is 4. The van der Waals surface area contributed by atoms with E-state index in [9.17, 15) is 4.79 Å². The Labute approximate surface area is 120 Å². The maximum absolute atomic E-state index is 11.7. The van der Waals surface area contributed by atoms with Crippen molar-refractivity contribution in [2.45, 2.75) is 38.8 Å². The fourth-order valence-corrected chi connectivity index (χ4v) is 2.88. The van der Waals surface area contributed by atoms with E-state index in [1.165, 1.54) is 0 Å². The van der Waals surface area contributed by atoms with E-state index in [-0.39, 0.29) is 6.04 Å². The molecular weight excluding hydrogens is 314 g/mol. The number of amides is 1. The van der Waals surface area contributed by atoms with Gasteiger partial charge in [0.25, 0.3) is 0 Å². The zero-order valence-electron chi connectivity index (χ0n) is 10.8. The summed E-state index contributed by atoms with van der Waals surface area (Å²) in [5, 5.41) is 4.85. The fourth-order valence-electron chi connectivity index (χ4n) is 1.37. The molecule has 0 unspecified atom stereocenters. The minimum Gasteiger partial charge on any atom is -0.444 e. The van der Waals surface area contributed by atoms with Crippen LogP contribution in [-0.2, 0) is 4.74 Å². The average Bonchev–Trinajstić information content (AvgIpc) is 2.61. The summed E-state index contributed by atoms with van der Waals surface area (Å²) in [4.78, 5) is 12.8. The smallest absolute Gasteiger partial charge is 0.408 e. The molecule has 18 heavy (non-hydrogen) atoms. The summed E-state index contributed by atoms with van der Waals surface area (Å²) in [5.74, 6) is 0. The fraction of sp³-hybridized carbons (Fsp3) is 0.462. The molecule has 0 fully saturated rings. The van der Waals surface area contributed by atoms with Crippen LogP contribution >= 0.6 is 27.3 Å². The third-order valence-corrected chi connectivity index (χ3v) is 3.83. The largest absolute Gasteiger partial charge is 0.444 e. The molecule has 0 spiro atoms. The molecule has 5 heteroatoms. The second-order valence-corrected chi connectivity index (χ2v) is 6.75. The van der Waals surface area contributed by atoms with Gasteiger partial charge >= 0.3 is 6.09 Å². The summed E-state index contributed by atoms with van der Waals surface area (Å²) in [6.07, 6.45) is 2.06. The van der Waals surface area contributed by atoms with Crippen LogP contribution in [0.1, 0.15) is 38.1 Å². The minimum absolute atomic E-state index is 0.0892. The second-order valence-electron chi connectivity index (χ2n) is 4.89. The van der Waals surface area contributed by atoms with Crippen LogP contribution in [0.25, 0.3) is 0 Å². The quantitative estimate of drug-likeness (QED) is 0.815. The Morgan fingerprint density at radius 3 is 2.78 bits per heavy atom. The van der Waals surface area contributed by atoms with Crippen LogP contribution in [0.5, 0.6) is 0 Å². The summed E-state index contributed by atoms with van der Waals surface area (Å²) >= 11 is 5.00. The molecule has 1 aromatic rings. The highest BCUT2D eigenvalue weighted by Gasteiger charge is 2.20. The third-order valence-electron chi connectivity index (χ3n) is 2.02. The highest BCUT2D eigenvalue weighted by Crippen LogP contribution is 2.28. The molecule has 0 aliphatic carbocycles. The Morgan fingerprint density at radius 1 is 1.67 bits per heavy atom. The van der Waals surface area contributed by atoms with Gasteiger partial charge in [0.05, 0.1) is 6.04 Å². The van der Waals surface area contributed by atoms with Crippen LogP contribution < -0.4 is 5.32 Å². The van der Waals surface area contributed by atoms with Gasteiger partial charge in [-0.15, -0.1) is 17.9 Å². The molecule has 1 heterocycles. The standard InChI is InChI=1S/C13H18BrNO2S/c1-5-6-10(11-7-9(14)8-18-11)15-12(16)17-13(2,3)4/h5,7-8,10H,1,6H2,2-4H3,(H,15,16)/t10-/m0/s1. The van der Waals surface area contributed by atoms with Gasteiger partial charge in [-0.3, -0.25) is 0 Å². The molecule has 0 aliphatic rings. The van der Waals surface area contributed by atoms with Crippen LogP contribution in [0.2, 0.25) is 0 Å². The zero-order chi connectivity index (χ0) is 13.8. The molecule has 0 aromatic carbocycles. The van der Waals surface area contributed by atoms with Crippen molar-refractivity contribution >= 4 is 33.4 Å². The first-order valence-electron chi connectivity index (χ1n) is 5.66. The number of ether oxygens (including phenoxy) is 1. The third kappa shape index (κ3) is 5.23. The average molecular weight is 332 g/mol. The lowest BCUT2D eigenvalue weighted by Gasteiger charge is -2.22. The predicted molar refractivity (Wildman–Crippen MR) is 78.9 cm³/mol. The predicted octanol–water partition coefficient (Wildman–Crippen LogP) is 4.65. The molecule has 1 amide bonds. The Morgan fingerprint density at radius 2 is 2.33 bits per heavy atom. The van der Waals surface area contributed by atoms with Gasteiger partial charge in [0.15, 0.2) is 0 Å². The normalized spacial score (nSPS) is 12.9. The molecule has 0 bridgehead atoms. The Hall–Kier alpha value is -0.810. The van der Waals surface area contributed by atoms with Gasteiger partial charge in [-0.25, -0.2) is 4.79 Å². The molecular formula is C13H18BrNO2S. The molecule has 100 valence electrons. The summed E-state index contributed by atoms with van der Waals surface area (Å²) in [6.45, 7) is 9.25. The molecule has 1 rings (SSSR count). The SMILES string of the molecule is C=CC[C@H](NC(=O)OC(C)(C)C)c1cc(Br)cs1. The Kier molecular flexibility index (Phi) is 5.41. The molecule has 1 N–H and O–H groups in total. The maximum atomic E-state index is 11.7. The van der Waals surface area contributed by atoms with Crippen molar-refractivity contribution < 1.29 is 9.53 Å². The van der Waals surface area contributed by atoms with Gasteiger partial charge in [0.2, 0.25) is 0 Å². The zero-order valence-corrected chi connectivity index (χ0v) is 13.2. The molecule has 0 radical (unpaired) electrons. The first-order chi connectivity index (χ1) is 8.31. The van der Waals surface area contributed by atoms with Crippen molar-refractivity contribution in [3.63, 3.8) is 0 Å². The summed E-state index contributed by atoms with van der Waals surface area (Å²) in [6, 6.07) is 1.91. The number of thiophene rings is 1. The lowest BCUT2D eigenvalue weighted by molar-refractivity contribution is 0.0505. The molecule has 1 aromatic heterocycles. The van der Waals surface area contributed by atoms with Gasteiger partial charge in [-0.05, 0) is 49.2 Å². The lowest BCUT2D eigenvalue weighted by atomic mass is 10.1. The van der Waals surface area contributed by atoms with Crippen molar-refractivity contribution in [1.82, 2.24) is 5.32 Å². The van der Waals surface area contributed by atoms with Crippen molar-refractivity contribution in [3.05, 3.63) is 33.5 Å². The van der Waals surface area contributed by atoms with E-state index in [0.717, 1.165) is 9.35 Å². The minimum atomic E-state index is -0.487. The van der Waals surface area contributed by atoms with Crippen LogP contribution in [-0.4, -0.2) is 11.7 Å². The van der Waals surface area contributed by atoms with Crippen molar-refractivity contribution in [1.29, 1.82) is 0 Å². The number of nitrogens with one attached hydrogen (secondary N) is 1. The topological polar surface area (TPSA) is 38.3 Å². The Balaban J connectivity index is 2.69. The van der Waals surface area contributed by atoms with Crippen molar-refractivity contribution in [3.8, 4) is 0 Å². The lowest BCUT2D eigenvalue weighted by Crippen LogP contribution is -2.34. The second kappa shape index (κ2) is 6.38. The summed E-state index contributed by atoms with van der Waals surface area (Å²) < 4.78 is 6.27. The number of carbonyl (C=O) groups is 1. The molecule has 0 saturated carbocycles. The van der Waals surface area contributed by atoms with Gasteiger partial charge in [-0.1, -0.05) is 6.08 Å². The molecule has 1 atom stereocenters. The van der Waals surface area contributed by atoms with Crippen molar-refractivity contribution in [2.24, 2.45) is 0 Å².